The highest BCUT2D eigenvalue weighted by atomic mass is 15.0. The monoisotopic (exact) mass is 534 g/mol. The summed E-state index contributed by atoms with van der Waals surface area (Å²) >= 11 is 0. The Bertz CT molecular complexity index is 2320. The van der Waals surface area contributed by atoms with Crippen LogP contribution in [0.1, 0.15) is 11.1 Å². The zero-order valence-corrected chi connectivity index (χ0v) is 22.5. The molecule has 0 aliphatic heterocycles. The summed E-state index contributed by atoms with van der Waals surface area (Å²) in [7, 11) is 0. The van der Waals surface area contributed by atoms with E-state index in [4.69, 9.17) is 0 Å². The van der Waals surface area contributed by atoms with Crippen LogP contribution in [-0.4, -0.2) is 9.13 Å². The van der Waals surface area contributed by atoms with Crippen LogP contribution in [0.4, 0.5) is 0 Å². The van der Waals surface area contributed by atoms with Gasteiger partial charge in [0.05, 0.1) is 45.0 Å². The van der Waals surface area contributed by atoms with Gasteiger partial charge in [0.15, 0.2) is 0 Å². The van der Waals surface area contributed by atoms with Gasteiger partial charge in [-0.2, -0.15) is 10.5 Å². The quantitative estimate of drug-likeness (QED) is 0.227. The standard InChI is InChI=1S/C38H22N4/c39-23-26-17-18-27(24-40)38(42-35-15-7-3-11-31(35)32-12-4-8-16-36(32)42)37(26)25-19-21-28(22-20-25)41-33-13-5-1-9-29(33)30-10-2-6-14-34(30)41/h1-22H. The van der Waals surface area contributed by atoms with Gasteiger partial charge in [-0.1, -0.05) is 84.9 Å². The molecule has 0 fully saturated rings. The van der Waals surface area contributed by atoms with Crippen molar-refractivity contribution in [1.82, 2.24) is 9.13 Å². The van der Waals surface area contributed by atoms with Crippen molar-refractivity contribution >= 4 is 43.6 Å². The normalized spacial score (nSPS) is 11.3. The first-order valence-corrected chi connectivity index (χ1v) is 13.8. The minimum atomic E-state index is 0.516. The van der Waals surface area contributed by atoms with Crippen molar-refractivity contribution in [2.45, 2.75) is 0 Å². The average molecular weight is 535 g/mol. The molecule has 0 aliphatic carbocycles. The van der Waals surface area contributed by atoms with Gasteiger partial charge < -0.3 is 9.13 Å². The predicted molar refractivity (Wildman–Crippen MR) is 170 cm³/mol. The second-order valence-corrected chi connectivity index (χ2v) is 10.4. The molecule has 0 spiro atoms. The van der Waals surface area contributed by atoms with Gasteiger partial charge in [0.1, 0.15) is 6.07 Å². The van der Waals surface area contributed by atoms with Crippen LogP contribution in [0.5, 0.6) is 0 Å². The number of nitrogens with zero attached hydrogens (tertiary/aromatic N) is 4. The van der Waals surface area contributed by atoms with Crippen molar-refractivity contribution in [3.8, 4) is 34.6 Å². The van der Waals surface area contributed by atoms with Crippen LogP contribution in [0, 0.1) is 22.7 Å². The number of hydrogen-bond donors (Lipinski definition) is 0. The Labute approximate surface area is 242 Å². The average Bonchev–Trinajstić information content (AvgIpc) is 3.57. The number of para-hydroxylation sites is 4. The lowest BCUT2D eigenvalue weighted by Crippen LogP contribution is -2.03. The third-order valence-electron chi connectivity index (χ3n) is 8.22. The number of aromatic nitrogens is 2. The Morgan fingerprint density at radius 1 is 0.405 bits per heavy atom. The van der Waals surface area contributed by atoms with Crippen molar-refractivity contribution in [2.75, 3.05) is 0 Å². The molecule has 0 bridgehead atoms. The van der Waals surface area contributed by atoms with E-state index >= 15 is 0 Å². The van der Waals surface area contributed by atoms with E-state index in [1.807, 2.05) is 24.3 Å². The summed E-state index contributed by atoms with van der Waals surface area (Å²) in [6.45, 7) is 0. The molecule has 0 unspecified atom stereocenters. The molecule has 0 saturated heterocycles. The first-order valence-electron chi connectivity index (χ1n) is 13.8. The van der Waals surface area contributed by atoms with E-state index in [0.717, 1.165) is 55.3 Å². The smallest absolute Gasteiger partial charge is 0.101 e. The van der Waals surface area contributed by atoms with Crippen LogP contribution in [0.2, 0.25) is 0 Å². The molecule has 8 rings (SSSR count). The summed E-state index contributed by atoms with van der Waals surface area (Å²) in [5, 5.41) is 25.2. The van der Waals surface area contributed by atoms with Crippen LogP contribution in [-0.2, 0) is 0 Å². The maximum absolute atomic E-state index is 10.3. The minimum absolute atomic E-state index is 0.516. The zero-order chi connectivity index (χ0) is 28.2. The molecular formula is C38H22N4. The van der Waals surface area contributed by atoms with Crippen molar-refractivity contribution < 1.29 is 0 Å². The molecule has 4 heteroatoms. The Morgan fingerprint density at radius 2 is 0.810 bits per heavy atom. The fraction of sp³-hybridized carbons (Fsp3) is 0. The molecule has 0 radical (unpaired) electrons. The summed E-state index contributed by atoms with van der Waals surface area (Å²) in [4.78, 5) is 0. The summed E-state index contributed by atoms with van der Waals surface area (Å²) < 4.78 is 4.42. The summed E-state index contributed by atoms with van der Waals surface area (Å²) in [5.41, 5.74) is 8.69. The van der Waals surface area contributed by atoms with E-state index in [9.17, 15) is 10.5 Å². The van der Waals surface area contributed by atoms with Gasteiger partial charge in [-0.3, -0.25) is 0 Å². The third kappa shape index (κ3) is 3.33. The Hall–Kier alpha value is -6.10. The molecule has 4 nitrogen and oxygen atoms in total. The lowest BCUT2D eigenvalue weighted by molar-refractivity contribution is 1.16. The van der Waals surface area contributed by atoms with Gasteiger partial charge in [-0.15, -0.1) is 0 Å². The summed E-state index contributed by atoms with van der Waals surface area (Å²) in [5.74, 6) is 0. The number of benzene rings is 6. The highest BCUT2D eigenvalue weighted by molar-refractivity contribution is 6.11. The van der Waals surface area contributed by atoms with Crippen molar-refractivity contribution in [3.05, 3.63) is 145 Å². The fourth-order valence-corrected chi connectivity index (χ4v) is 6.44. The van der Waals surface area contributed by atoms with Gasteiger partial charge >= 0.3 is 0 Å². The van der Waals surface area contributed by atoms with E-state index in [0.29, 0.717) is 11.1 Å². The molecule has 6 aromatic carbocycles. The first kappa shape index (κ1) is 23.8. The van der Waals surface area contributed by atoms with Gasteiger partial charge in [0.2, 0.25) is 0 Å². The highest BCUT2D eigenvalue weighted by Gasteiger charge is 2.22. The van der Waals surface area contributed by atoms with E-state index in [-0.39, 0.29) is 0 Å². The van der Waals surface area contributed by atoms with Gasteiger partial charge in [0, 0.05) is 32.8 Å². The molecule has 2 heterocycles. The number of fused-ring (bicyclic) bond motifs is 6. The van der Waals surface area contributed by atoms with Gasteiger partial charge in [-0.25, -0.2) is 0 Å². The van der Waals surface area contributed by atoms with Gasteiger partial charge in [-0.05, 0) is 54.1 Å². The van der Waals surface area contributed by atoms with Crippen LogP contribution < -0.4 is 0 Å². The summed E-state index contributed by atoms with van der Waals surface area (Å²) in [6, 6.07) is 50.0. The van der Waals surface area contributed by atoms with E-state index < -0.39 is 0 Å². The Balaban J connectivity index is 1.40. The van der Waals surface area contributed by atoms with E-state index in [1.165, 1.54) is 10.8 Å². The fourth-order valence-electron chi connectivity index (χ4n) is 6.44. The van der Waals surface area contributed by atoms with Crippen molar-refractivity contribution in [3.63, 3.8) is 0 Å². The number of hydrogen-bond acceptors (Lipinski definition) is 2. The van der Waals surface area contributed by atoms with Crippen molar-refractivity contribution in [1.29, 1.82) is 10.5 Å². The maximum Gasteiger partial charge on any atom is 0.101 e. The van der Waals surface area contributed by atoms with Crippen LogP contribution in [0.15, 0.2) is 133 Å². The SMILES string of the molecule is N#Cc1ccc(C#N)c(-n2c3ccccc3c3ccccc32)c1-c1ccc(-n2c3ccccc3c3ccccc32)cc1. The molecule has 8 aromatic rings. The molecule has 0 aliphatic rings. The molecular weight excluding hydrogens is 512 g/mol. The second kappa shape index (κ2) is 9.24. The van der Waals surface area contributed by atoms with E-state index in [2.05, 4.69) is 118 Å². The predicted octanol–water partition coefficient (Wildman–Crippen LogP) is 9.29. The molecule has 2 aromatic heterocycles. The number of rotatable bonds is 3. The van der Waals surface area contributed by atoms with Gasteiger partial charge in [0.25, 0.3) is 0 Å². The van der Waals surface area contributed by atoms with Crippen LogP contribution >= 0.6 is 0 Å². The maximum atomic E-state index is 10.3. The molecule has 0 N–H and O–H groups in total. The third-order valence-corrected chi connectivity index (χ3v) is 8.22. The first-order chi connectivity index (χ1) is 20.8. The molecule has 0 atom stereocenters. The summed E-state index contributed by atoms with van der Waals surface area (Å²) in [6.07, 6.45) is 0. The topological polar surface area (TPSA) is 57.4 Å². The Kier molecular flexibility index (Phi) is 5.22. The lowest BCUT2D eigenvalue weighted by Gasteiger charge is -2.18. The second-order valence-electron chi connectivity index (χ2n) is 10.4. The Morgan fingerprint density at radius 3 is 1.26 bits per heavy atom. The zero-order valence-electron chi connectivity index (χ0n) is 22.5. The molecule has 0 amide bonds. The highest BCUT2D eigenvalue weighted by Crippen LogP contribution is 2.40. The number of nitriles is 2. The largest absolute Gasteiger partial charge is 0.309 e. The van der Waals surface area contributed by atoms with E-state index in [1.54, 1.807) is 12.1 Å². The van der Waals surface area contributed by atoms with Crippen LogP contribution in [0.25, 0.3) is 66.1 Å². The molecule has 194 valence electrons. The molecule has 0 saturated carbocycles. The lowest BCUT2D eigenvalue weighted by atomic mass is 9.94. The van der Waals surface area contributed by atoms with Crippen LogP contribution in [0.3, 0.4) is 0 Å². The molecule has 42 heavy (non-hydrogen) atoms. The van der Waals surface area contributed by atoms with Crippen molar-refractivity contribution in [2.24, 2.45) is 0 Å². The minimum Gasteiger partial charge on any atom is -0.309 e.